The fourth-order valence-corrected chi connectivity index (χ4v) is 2.20. The third kappa shape index (κ3) is 2.24. The van der Waals surface area contributed by atoms with E-state index in [1.165, 1.54) is 0 Å². The van der Waals surface area contributed by atoms with Crippen LogP contribution in [0.3, 0.4) is 0 Å². The summed E-state index contributed by atoms with van der Waals surface area (Å²) in [6, 6.07) is 4.24. The van der Waals surface area contributed by atoms with Crippen LogP contribution in [-0.2, 0) is 6.42 Å². The summed E-state index contributed by atoms with van der Waals surface area (Å²) >= 11 is 5.18. The van der Waals surface area contributed by atoms with Crippen LogP contribution in [0.2, 0.25) is 0 Å². The number of nitrogens with zero attached hydrogens (tertiary/aromatic N) is 2. The zero-order valence-corrected chi connectivity index (χ0v) is 10.3. The second-order valence-electron chi connectivity index (χ2n) is 3.91. The summed E-state index contributed by atoms with van der Waals surface area (Å²) in [5.41, 5.74) is 0. The van der Waals surface area contributed by atoms with Gasteiger partial charge in [-0.1, -0.05) is 0 Å². The second-order valence-corrected chi connectivity index (χ2v) is 4.30. The van der Waals surface area contributed by atoms with Crippen molar-refractivity contribution in [1.82, 2.24) is 14.8 Å². The number of furan rings is 1. The number of rotatable bonds is 4. The maximum atomic E-state index is 5.30. The van der Waals surface area contributed by atoms with Crippen molar-refractivity contribution >= 4 is 12.2 Å². The van der Waals surface area contributed by atoms with Gasteiger partial charge in [0, 0.05) is 12.5 Å². The van der Waals surface area contributed by atoms with Crippen LogP contribution in [0.1, 0.15) is 31.0 Å². The SMILES string of the molecule is Cc1n[nH]c(=S)n1C(C)CCc1ccco1. The zero-order valence-electron chi connectivity index (χ0n) is 9.43. The van der Waals surface area contributed by atoms with Crippen LogP contribution in [0.4, 0.5) is 0 Å². The average molecular weight is 237 g/mol. The molecular formula is C11H15N3OS. The summed E-state index contributed by atoms with van der Waals surface area (Å²) in [4.78, 5) is 0. The van der Waals surface area contributed by atoms with Gasteiger partial charge >= 0.3 is 0 Å². The standard InChI is InChI=1S/C11H15N3OS/c1-8(5-6-10-4-3-7-15-10)14-9(2)12-13-11(14)16/h3-4,7-8H,5-6H2,1-2H3,(H,13,16). The third-order valence-corrected chi connectivity index (χ3v) is 3.00. The lowest BCUT2D eigenvalue weighted by Crippen LogP contribution is -2.08. The lowest BCUT2D eigenvalue weighted by molar-refractivity contribution is 0.445. The molecule has 0 spiro atoms. The van der Waals surface area contributed by atoms with E-state index in [-0.39, 0.29) is 0 Å². The van der Waals surface area contributed by atoms with Crippen LogP contribution in [0, 0.1) is 11.7 Å². The summed E-state index contributed by atoms with van der Waals surface area (Å²) in [5, 5.41) is 6.91. The molecule has 0 bridgehead atoms. The van der Waals surface area contributed by atoms with Crippen molar-refractivity contribution in [3.8, 4) is 0 Å². The number of hydrogen-bond acceptors (Lipinski definition) is 3. The molecule has 0 aliphatic carbocycles. The number of aromatic nitrogens is 3. The minimum Gasteiger partial charge on any atom is -0.469 e. The van der Waals surface area contributed by atoms with Crippen molar-refractivity contribution in [3.05, 3.63) is 34.8 Å². The van der Waals surface area contributed by atoms with E-state index in [4.69, 9.17) is 16.6 Å². The van der Waals surface area contributed by atoms with Crippen LogP contribution in [0.15, 0.2) is 22.8 Å². The fourth-order valence-electron chi connectivity index (χ4n) is 1.84. The molecule has 1 N–H and O–H groups in total. The monoisotopic (exact) mass is 237 g/mol. The van der Waals surface area contributed by atoms with Crippen molar-refractivity contribution in [2.45, 2.75) is 32.7 Å². The van der Waals surface area contributed by atoms with Gasteiger partial charge < -0.3 is 8.98 Å². The van der Waals surface area contributed by atoms with Crippen molar-refractivity contribution < 1.29 is 4.42 Å². The largest absolute Gasteiger partial charge is 0.469 e. The molecule has 2 aromatic heterocycles. The van der Waals surface area contributed by atoms with Crippen molar-refractivity contribution in [1.29, 1.82) is 0 Å². The number of hydrogen-bond donors (Lipinski definition) is 1. The molecular weight excluding hydrogens is 222 g/mol. The van der Waals surface area contributed by atoms with Gasteiger partial charge in [0.15, 0.2) is 4.77 Å². The molecule has 0 saturated heterocycles. The molecule has 2 rings (SSSR count). The van der Waals surface area contributed by atoms with Gasteiger partial charge in [-0.05, 0) is 44.6 Å². The first-order valence-corrected chi connectivity index (χ1v) is 5.75. The first-order chi connectivity index (χ1) is 7.68. The van der Waals surface area contributed by atoms with Gasteiger partial charge in [0.2, 0.25) is 0 Å². The van der Waals surface area contributed by atoms with Gasteiger partial charge in [-0.15, -0.1) is 0 Å². The molecule has 0 fully saturated rings. The Hall–Kier alpha value is -1.36. The Balaban J connectivity index is 2.03. The van der Waals surface area contributed by atoms with E-state index >= 15 is 0 Å². The lowest BCUT2D eigenvalue weighted by Gasteiger charge is -2.13. The molecule has 16 heavy (non-hydrogen) atoms. The van der Waals surface area contributed by atoms with E-state index in [9.17, 15) is 0 Å². The Morgan fingerprint density at radius 3 is 3.00 bits per heavy atom. The minimum absolute atomic E-state index is 0.330. The molecule has 5 heteroatoms. The van der Waals surface area contributed by atoms with Gasteiger partial charge in [-0.25, -0.2) is 0 Å². The van der Waals surface area contributed by atoms with E-state index in [1.54, 1.807) is 6.26 Å². The molecule has 1 unspecified atom stereocenters. The van der Waals surface area contributed by atoms with Crippen molar-refractivity contribution in [3.63, 3.8) is 0 Å². The Bertz CT molecular complexity index is 498. The molecule has 86 valence electrons. The van der Waals surface area contributed by atoms with Gasteiger partial charge in [0.05, 0.1) is 6.26 Å². The highest BCUT2D eigenvalue weighted by atomic mass is 32.1. The minimum atomic E-state index is 0.330. The number of H-pyrrole nitrogens is 1. The predicted molar refractivity (Wildman–Crippen MR) is 63.9 cm³/mol. The lowest BCUT2D eigenvalue weighted by atomic mass is 10.1. The summed E-state index contributed by atoms with van der Waals surface area (Å²) < 4.78 is 8.03. The Labute approximate surface area is 99.3 Å². The van der Waals surface area contributed by atoms with Crippen molar-refractivity contribution in [2.24, 2.45) is 0 Å². The van der Waals surface area contributed by atoms with Crippen LogP contribution in [0.25, 0.3) is 0 Å². The highest BCUT2D eigenvalue weighted by Crippen LogP contribution is 2.16. The number of aromatic amines is 1. The van der Waals surface area contributed by atoms with Crippen molar-refractivity contribution in [2.75, 3.05) is 0 Å². The van der Waals surface area contributed by atoms with Crippen LogP contribution >= 0.6 is 12.2 Å². The zero-order chi connectivity index (χ0) is 11.5. The quantitative estimate of drug-likeness (QED) is 0.831. The third-order valence-electron chi connectivity index (χ3n) is 2.71. The average Bonchev–Trinajstić information content (AvgIpc) is 2.86. The maximum Gasteiger partial charge on any atom is 0.195 e. The molecule has 0 radical (unpaired) electrons. The molecule has 0 amide bonds. The molecule has 2 heterocycles. The highest BCUT2D eigenvalue weighted by Gasteiger charge is 2.10. The van der Waals surface area contributed by atoms with Crippen LogP contribution < -0.4 is 0 Å². The summed E-state index contributed by atoms with van der Waals surface area (Å²) in [7, 11) is 0. The first kappa shape index (κ1) is 11.1. The maximum absolute atomic E-state index is 5.30. The first-order valence-electron chi connectivity index (χ1n) is 5.34. The highest BCUT2D eigenvalue weighted by molar-refractivity contribution is 7.71. The normalized spacial score (nSPS) is 12.9. The molecule has 2 aromatic rings. The van der Waals surface area contributed by atoms with Gasteiger partial charge in [0.25, 0.3) is 0 Å². The molecule has 1 atom stereocenters. The smallest absolute Gasteiger partial charge is 0.195 e. The molecule has 4 nitrogen and oxygen atoms in total. The molecule has 0 aromatic carbocycles. The Morgan fingerprint density at radius 2 is 2.44 bits per heavy atom. The van der Waals surface area contributed by atoms with E-state index < -0.39 is 0 Å². The van der Waals surface area contributed by atoms with Gasteiger partial charge in [0.1, 0.15) is 11.6 Å². The molecule has 0 saturated carbocycles. The Kier molecular flexibility index (Phi) is 3.24. The number of aryl methyl sites for hydroxylation is 2. The van der Waals surface area contributed by atoms with E-state index in [1.807, 2.05) is 23.6 Å². The van der Waals surface area contributed by atoms with Crippen LogP contribution in [-0.4, -0.2) is 14.8 Å². The topological polar surface area (TPSA) is 46.8 Å². The summed E-state index contributed by atoms with van der Waals surface area (Å²) in [6.07, 6.45) is 3.61. The van der Waals surface area contributed by atoms with Gasteiger partial charge in [-0.3, -0.25) is 5.10 Å². The molecule has 0 aliphatic rings. The predicted octanol–water partition coefficient (Wildman–Crippen LogP) is 3.04. The van der Waals surface area contributed by atoms with E-state index in [0.717, 1.165) is 24.4 Å². The molecule has 0 aliphatic heterocycles. The summed E-state index contributed by atoms with van der Waals surface area (Å²) in [6.45, 7) is 4.09. The van der Waals surface area contributed by atoms with Crippen LogP contribution in [0.5, 0.6) is 0 Å². The van der Waals surface area contributed by atoms with Gasteiger partial charge in [-0.2, -0.15) is 5.10 Å². The second kappa shape index (κ2) is 4.65. The number of nitrogens with one attached hydrogen (secondary N) is 1. The fraction of sp³-hybridized carbons (Fsp3) is 0.455. The Morgan fingerprint density at radius 1 is 1.62 bits per heavy atom. The summed E-state index contributed by atoms with van der Waals surface area (Å²) in [5.74, 6) is 1.94. The van der Waals surface area contributed by atoms with E-state index in [0.29, 0.717) is 10.8 Å². The van der Waals surface area contributed by atoms with E-state index in [2.05, 4.69) is 17.1 Å².